The number of halogens is 2. The van der Waals surface area contributed by atoms with Gasteiger partial charge in [0.2, 0.25) is 0 Å². The second kappa shape index (κ2) is 8.37. The van der Waals surface area contributed by atoms with Crippen molar-refractivity contribution in [2.45, 2.75) is 6.42 Å². The van der Waals surface area contributed by atoms with Crippen LogP contribution in [0.25, 0.3) is 0 Å². The first-order valence-electron chi connectivity index (χ1n) is 7.00. The quantitative estimate of drug-likeness (QED) is 0.758. The molecule has 0 aliphatic carbocycles. The summed E-state index contributed by atoms with van der Waals surface area (Å²) in [6.45, 7) is -0.0317. The van der Waals surface area contributed by atoms with E-state index >= 15 is 0 Å². The first-order chi connectivity index (χ1) is 11.4. The Bertz CT molecular complexity index is 747. The summed E-state index contributed by atoms with van der Waals surface area (Å²) in [5.41, 5.74) is 1.01. The van der Waals surface area contributed by atoms with Gasteiger partial charge in [0.15, 0.2) is 0 Å². The van der Waals surface area contributed by atoms with Crippen molar-refractivity contribution in [3.8, 4) is 5.75 Å². The van der Waals surface area contributed by atoms with Gasteiger partial charge in [-0.15, -0.1) is 11.3 Å². The zero-order chi connectivity index (χ0) is 17.7. The number of carboxylic acid groups (broad SMARTS) is 1. The molecule has 1 amide bonds. The molecule has 2 N–H and O–H groups in total. The molecule has 0 radical (unpaired) electrons. The third-order valence-corrected chi connectivity index (χ3v) is 4.91. The fraction of sp³-hybridized carbons (Fsp3) is 0.250. The van der Waals surface area contributed by atoms with E-state index in [0.717, 1.165) is 16.9 Å². The molecule has 1 unspecified atom stereocenters. The summed E-state index contributed by atoms with van der Waals surface area (Å²) < 4.78 is 5.90. The standard InChI is InChI=1S/C16H15Cl2NO4S/c1-23-12-5-3-2-4-9(12)6-10(16(21)22)8-19-15(20)11-7-13(17)24-14(11)18/h2-5,7,10H,6,8H2,1H3,(H,19,20)(H,21,22). The Morgan fingerprint density at radius 1 is 1.33 bits per heavy atom. The van der Waals surface area contributed by atoms with Gasteiger partial charge in [-0.05, 0) is 24.1 Å². The Hall–Kier alpha value is -1.76. The highest BCUT2D eigenvalue weighted by atomic mass is 35.5. The van der Waals surface area contributed by atoms with E-state index in [-0.39, 0.29) is 22.9 Å². The molecule has 24 heavy (non-hydrogen) atoms. The average Bonchev–Trinajstić information content (AvgIpc) is 2.89. The Morgan fingerprint density at radius 3 is 2.62 bits per heavy atom. The number of ether oxygens (including phenoxy) is 1. The molecule has 0 bridgehead atoms. The van der Waals surface area contributed by atoms with E-state index < -0.39 is 17.8 Å². The Balaban J connectivity index is 2.05. The second-order valence-electron chi connectivity index (χ2n) is 5.00. The monoisotopic (exact) mass is 387 g/mol. The molecule has 8 heteroatoms. The van der Waals surface area contributed by atoms with Gasteiger partial charge in [0, 0.05) is 6.54 Å². The number of thiophene rings is 1. The van der Waals surface area contributed by atoms with Gasteiger partial charge in [-0.1, -0.05) is 41.4 Å². The Kier molecular flexibility index (Phi) is 6.48. The lowest BCUT2D eigenvalue weighted by Gasteiger charge is -2.15. The number of benzene rings is 1. The molecule has 2 aromatic rings. The molecule has 0 saturated heterocycles. The van der Waals surface area contributed by atoms with Crippen LogP contribution in [0.15, 0.2) is 30.3 Å². The molecular formula is C16H15Cl2NO4S. The molecule has 0 aliphatic rings. The van der Waals surface area contributed by atoms with Crippen LogP contribution in [0.1, 0.15) is 15.9 Å². The number of hydrogen-bond acceptors (Lipinski definition) is 4. The van der Waals surface area contributed by atoms with E-state index in [9.17, 15) is 14.7 Å². The van der Waals surface area contributed by atoms with Gasteiger partial charge in [0.1, 0.15) is 10.1 Å². The van der Waals surface area contributed by atoms with Gasteiger partial charge < -0.3 is 15.2 Å². The number of aliphatic carboxylic acids is 1. The highest BCUT2D eigenvalue weighted by Gasteiger charge is 2.22. The van der Waals surface area contributed by atoms with Crippen LogP contribution in [0.5, 0.6) is 5.75 Å². The highest BCUT2D eigenvalue weighted by Crippen LogP contribution is 2.31. The van der Waals surface area contributed by atoms with Crippen LogP contribution in [-0.2, 0) is 11.2 Å². The number of carboxylic acids is 1. The predicted octanol–water partition coefficient (Wildman–Crippen LogP) is 3.74. The maximum Gasteiger partial charge on any atom is 0.308 e. The third-order valence-electron chi connectivity index (χ3n) is 3.42. The molecule has 1 aromatic heterocycles. The van der Waals surface area contributed by atoms with Gasteiger partial charge in [0.05, 0.1) is 22.9 Å². The maximum absolute atomic E-state index is 12.1. The second-order valence-corrected chi connectivity index (χ2v) is 7.28. The molecule has 0 spiro atoms. The van der Waals surface area contributed by atoms with Crippen molar-refractivity contribution in [2.24, 2.45) is 5.92 Å². The van der Waals surface area contributed by atoms with Gasteiger partial charge in [-0.25, -0.2) is 0 Å². The minimum absolute atomic E-state index is 0.0317. The van der Waals surface area contributed by atoms with E-state index in [2.05, 4.69) is 5.32 Å². The smallest absolute Gasteiger partial charge is 0.308 e. The van der Waals surface area contributed by atoms with Crippen molar-refractivity contribution < 1.29 is 19.4 Å². The Morgan fingerprint density at radius 2 is 2.04 bits per heavy atom. The zero-order valence-corrected chi connectivity index (χ0v) is 15.0. The van der Waals surface area contributed by atoms with Gasteiger partial charge in [-0.2, -0.15) is 0 Å². The summed E-state index contributed by atoms with van der Waals surface area (Å²) >= 11 is 12.8. The summed E-state index contributed by atoms with van der Waals surface area (Å²) in [4.78, 5) is 23.6. The first-order valence-corrected chi connectivity index (χ1v) is 8.57. The number of rotatable bonds is 7. The van der Waals surface area contributed by atoms with Crippen molar-refractivity contribution >= 4 is 46.4 Å². The highest BCUT2D eigenvalue weighted by molar-refractivity contribution is 7.20. The van der Waals surface area contributed by atoms with E-state index in [1.165, 1.54) is 13.2 Å². The fourth-order valence-electron chi connectivity index (χ4n) is 2.19. The maximum atomic E-state index is 12.1. The van der Waals surface area contributed by atoms with Crippen LogP contribution in [0.2, 0.25) is 8.67 Å². The van der Waals surface area contributed by atoms with E-state index in [1.807, 2.05) is 12.1 Å². The normalized spacial score (nSPS) is 11.8. The lowest BCUT2D eigenvalue weighted by molar-refractivity contribution is -0.141. The van der Waals surface area contributed by atoms with E-state index in [4.69, 9.17) is 27.9 Å². The van der Waals surface area contributed by atoms with Crippen molar-refractivity contribution in [1.82, 2.24) is 5.32 Å². The minimum atomic E-state index is -1.00. The van der Waals surface area contributed by atoms with Crippen LogP contribution in [0.4, 0.5) is 0 Å². The SMILES string of the molecule is COc1ccccc1CC(CNC(=O)c1cc(Cl)sc1Cl)C(=O)O. The molecule has 0 fully saturated rings. The molecule has 1 heterocycles. The van der Waals surface area contributed by atoms with Crippen LogP contribution in [0.3, 0.4) is 0 Å². The topological polar surface area (TPSA) is 75.6 Å². The number of hydrogen-bond donors (Lipinski definition) is 2. The van der Waals surface area contributed by atoms with E-state index in [0.29, 0.717) is 10.1 Å². The van der Waals surface area contributed by atoms with Crippen LogP contribution in [0, 0.1) is 5.92 Å². The summed E-state index contributed by atoms with van der Waals surface area (Å²) in [6, 6.07) is 8.64. The molecule has 0 saturated carbocycles. The number of para-hydroxylation sites is 1. The van der Waals surface area contributed by atoms with Crippen molar-refractivity contribution in [1.29, 1.82) is 0 Å². The van der Waals surface area contributed by atoms with Crippen molar-refractivity contribution in [3.63, 3.8) is 0 Å². The summed E-state index contributed by atoms with van der Waals surface area (Å²) in [6.07, 6.45) is 0.234. The first kappa shape index (κ1) is 18.6. The average molecular weight is 388 g/mol. The minimum Gasteiger partial charge on any atom is -0.496 e. The molecule has 2 rings (SSSR count). The largest absolute Gasteiger partial charge is 0.496 e. The molecule has 1 aromatic carbocycles. The fourth-order valence-corrected chi connectivity index (χ4v) is 3.65. The van der Waals surface area contributed by atoms with Crippen LogP contribution >= 0.6 is 34.5 Å². The lowest BCUT2D eigenvalue weighted by Crippen LogP contribution is -2.34. The molecule has 128 valence electrons. The molecular weight excluding hydrogens is 373 g/mol. The predicted molar refractivity (Wildman–Crippen MR) is 94.5 cm³/mol. The summed E-state index contributed by atoms with van der Waals surface area (Å²) in [5, 5.41) is 12.0. The van der Waals surface area contributed by atoms with Gasteiger partial charge in [0.25, 0.3) is 5.91 Å². The summed E-state index contributed by atoms with van der Waals surface area (Å²) in [5.74, 6) is -1.63. The third kappa shape index (κ3) is 4.63. The van der Waals surface area contributed by atoms with Gasteiger partial charge >= 0.3 is 5.97 Å². The van der Waals surface area contributed by atoms with Crippen molar-refractivity contribution in [3.05, 3.63) is 50.1 Å². The number of methoxy groups -OCH3 is 1. The number of amides is 1. The number of carbonyl (C=O) groups excluding carboxylic acids is 1. The number of carbonyl (C=O) groups is 2. The summed E-state index contributed by atoms with van der Waals surface area (Å²) in [7, 11) is 1.53. The van der Waals surface area contributed by atoms with Gasteiger partial charge in [-0.3, -0.25) is 9.59 Å². The molecule has 1 atom stereocenters. The van der Waals surface area contributed by atoms with E-state index in [1.54, 1.807) is 12.1 Å². The van der Waals surface area contributed by atoms with Crippen LogP contribution < -0.4 is 10.1 Å². The van der Waals surface area contributed by atoms with Crippen molar-refractivity contribution in [2.75, 3.05) is 13.7 Å². The lowest BCUT2D eigenvalue weighted by atomic mass is 9.98. The number of nitrogens with one attached hydrogen (secondary N) is 1. The molecule has 0 aliphatic heterocycles. The Labute approximate surface area is 153 Å². The van der Waals surface area contributed by atoms with Crippen LogP contribution in [-0.4, -0.2) is 30.6 Å². The zero-order valence-electron chi connectivity index (χ0n) is 12.7. The molecule has 5 nitrogen and oxygen atoms in total.